The zero-order chi connectivity index (χ0) is 11.9. The average molecular weight is 212 g/mol. The van der Waals surface area contributed by atoms with Crippen molar-refractivity contribution in [2.75, 3.05) is 6.61 Å². The molecule has 0 aliphatic rings. The van der Waals surface area contributed by atoms with Crippen LogP contribution in [0.2, 0.25) is 0 Å². The summed E-state index contributed by atoms with van der Waals surface area (Å²) < 4.78 is 5.70. The van der Waals surface area contributed by atoms with Crippen molar-refractivity contribution in [1.82, 2.24) is 0 Å². The van der Waals surface area contributed by atoms with Gasteiger partial charge in [-0.05, 0) is 38.7 Å². The van der Waals surface area contributed by atoms with Gasteiger partial charge in [-0.1, -0.05) is 26.8 Å². The summed E-state index contributed by atoms with van der Waals surface area (Å²) in [5.74, 6) is 0.680. The molecule has 0 fully saturated rings. The van der Waals surface area contributed by atoms with Crippen LogP contribution in [0.25, 0.3) is 0 Å². The molecule has 0 aliphatic carbocycles. The van der Waals surface area contributed by atoms with Crippen LogP contribution in [0, 0.1) is 5.92 Å². The van der Waals surface area contributed by atoms with Crippen molar-refractivity contribution in [3.63, 3.8) is 0 Å². The number of rotatable bonds is 7. The van der Waals surface area contributed by atoms with Gasteiger partial charge in [-0.15, -0.1) is 0 Å². The average Bonchev–Trinajstić information content (AvgIpc) is 2.17. The Bertz CT molecular complexity index is 219. The Morgan fingerprint density at radius 2 is 2.07 bits per heavy atom. The van der Waals surface area contributed by atoms with E-state index in [9.17, 15) is 4.79 Å². The molecule has 2 nitrogen and oxygen atoms in total. The molecular formula is C13H24O2. The fourth-order valence-electron chi connectivity index (χ4n) is 1.19. The van der Waals surface area contributed by atoms with E-state index in [0.29, 0.717) is 18.9 Å². The third kappa shape index (κ3) is 5.12. The molecule has 1 unspecified atom stereocenters. The number of allylic oxidation sites excluding steroid dienone is 1. The van der Waals surface area contributed by atoms with E-state index < -0.39 is 5.60 Å². The van der Waals surface area contributed by atoms with Crippen LogP contribution in [0.1, 0.15) is 47.5 Å². The van der Waals surface area contributed by atoms with Crippen LogP contribution in [-0.4, -0.2) is 18.0 Å². The quantitative estimate of drug-likeness (QED) is 0.605. The first-order valence-electron chi connectivity index (χ1n) is 5.77. The number of ketones is 1. The van der Waals surface area contributed by atoms with Gasteiger partial charge in [0, 0.05) is 6.61 Å². The maximum atomic E-state index is 11.8. The van der Waals surface area contributed by atoms with Crippen LogP contribution in [0.4, 0.5) is 0 Å². The largest absolute Gasteiger partial charge is 0.367 e. The van der Waals surface area contributed by atoms with Crippen molar-refractivity contribution in [1.29, 1.82) is 0 Å². The second-order valence-corrected chi connectivity index (χ2v) is 4.48. The molecule has 0 radical (unpaired) electrons. The Morgan fingerprint density at radius 1 is 1.47 bits per heavy atom. The normalized spacial score (nSPS) is 15.9. The molecule has 2 heteroatoms. The Morgan fingerprint density at radius 3 is 2.47 bits per heavy atom. The third-order valence-corrected chi connectivity index (χ3v) is 2.63. The monoisotopic (exact) mass is 212 g/mol. The molecule has 0 saturated carbocycles. The zero-order valence-corrected chi connectivity index (χ0v) is 10.7. The Balaban J connectivity index is 4.24. The number of ether oxygens (including phenoxy) is 1. The van der Waals surface area contributed by atoms with Gasteiger partial charge in [-0.25, -0.2) is 0 Å². The van der Waals surface area contributed by atoms with Crippen LogP contribution >= 0.6 is 0 Å². The second-order valence-electron chi connectivity index (χ2n) is 4.48. The lowest BCUT2D eigenvalue weighted by atomic mass is 9.97. The van der Waals surface area contributed by atoms with Crippen LogP contribution < -0.4 is 0 Å². The van der Waals surface area contributed by atoms with E-state index in [-0.39, 0.29) is 5.78 Å². The molecule has 88 valence electrons. The van der Waals surface area contributed by atoms with Crippen molar-refractivity contribution in [3.8, 4) is 0 Å². The summed E-state index contributed by atoms with van der Waals surface area (Å²) in [6.45, 7) is 10.7. The molecule has 0 saturated heterocycles. The minimum absolute atomic E-state index is 0.0660. The van der Waals surface area contributed by atoms with Crippen LogP contribution in [0.5, 0.6) is 0 Å². The Kier molecular flexibility index (Phi) is 6.50. The molecule has 0 heterocycles. The van der Waals surface area contributed by atoms with Gasteiger partial charge in [-0.3, -0.25) is 4.79 Å². The predicted molar refractivity (Wildman–Crippen MR) is 63.9 cm³/mol. The van der Waals surface area contributed by atoms with E-state index in [0.717, 1.165) is 6.42 Å². The number of carbonyl (C=O) groups is 1. The highest BCUT2D eigenvalue weighted by Crippen LogP contribution is 2.18. The van der Waals surface area contributed by atoms with Gasteiger partial charge in [0.05, 0.1) is 0 Å². The topological polar surface area (TPSA) is 26.3 Å². The van der Waals surface area contributed by atoms with Crippen molar-refractivity contribution >= 4 is 5.78 Å². The smallest absolute Gasteiger partial charge is 0.186 e. The van der Waals surface area contributed by atoms with E-state index in [1.807, 2.05) is 20.8 Å². The van der Waals surface area contributed by atoms with Gasteiger partial charge in [-0.2, -0.15) is 0 Å². The SMILES string of the molecule is C/C=C/C(=O)C(C)(CC)OCCC(C)C. The number of hydrogen-bond acceptors (Lipinski definition) is 2. The lowest BCUT2D eigenvalue weighted by Gasteiger charge is -2.26. The first-order valence-corrected chi connectivity index (χ1v) is 5.77. The van der Waals surface area contributed by atoms with Gasteiger partial charge < -0.3 is 4.74 Å². The zero-order valence-electron chi connectivity index (χ0n) is 10.7. The van der Waals surface area contributed by atoms with Crippen molar-refractivity contribution < 1.29 is 9.53 Å². The second kappa shape index (κ2) is 6.78. The molecule has 15 heavy (non-hydrogen) atoms. The van der Waals surface area contributed by atoms with Crippen LogP contribution in [0.3, 0.4) is 0 Å². The van der Waals surface area contributed by atoms with Crippen molar-refractivity contribution in [2.24, 2.45) is 5.92 Å². The van der Waals surface area contributed by atoms with Crippen LogP contribution in [0.15, 0.2) is 12.2 Å². The van der Waals surface area contributed by atoms with Crippen molar-refractivity contribution in [3.05, 3.63) is 12.2 Å². The maximum absolute atomic E-state index is 11.8. The van der Waals surface area contributed by atoms with Crippen LogP contribution in [-0.2, 0) is 9.53 Å². The molecule has 1 atom stereocenters. The molecule has 0 amide bonds. The number of carbonyl (C=O) groups excluding carboxylic acids is 1. The summed E-state index contributed by atoms with van der Waals surface area (Å²) in [4.78, 5) is 11.8. The fourth-order valence-corrected chi connectivity index (χ4v) is 1.19. The summed E-state index contributed by atoms with van der Waals surface area (Å²) >= 11 is 0. The van der Waals surface area contributed by atoms with E-state index >= 15 is 0 Å². The molecule has 0 aromatic heterocycles. The highest BCUT2D eigenvalue weighted by Gasteiger charge is 2.29. The highest BCUT2D eigenvalue weighted by molar-refractivity contribution is 5.96. The minimum atomic E-state index is -0.637. The third-order valence-electron chi connectivity index (χ3n) is 2.63. The molecule has 0 bridgehead atoms. The molecular weight excluding hydrogens is 188 g/mol. The van der Waals surface area contributed by atoms with Gasteiger partial charge in [0.15, 0.2) is 5.78 Å². The maximum Gasteiger partial charge on any atom is 0.186 e. The van der Waals surface area contributed by atoms with E-state index in [4.69, 9.17) is 4.74 Å². The number of hydrogen-bond donors (Lipinski definition) is 0. The lowest BCUT2D eigenvalue weighted by molar-refractivity contribution is -0.138. The van der Waals surface area contributed by atoms with E-state index in [1.54, 1.807) is 12.2 Å². The van der Waals surface area contributed by atoms with Crippen molar-refractivity contribution in [2.45, 2.75) is 53.1 Å². The molecule has 0 N–H and O–H groups in total. The van der Waals surface area contributed by atoms with E-state index in [2.05, 4.69) is 13.8 Å². The Labute approximate surface area is 93.7 Å². The molecule has 0 aromatic carbocycles. The van der Waals surface area contributed by atoms with Gasteiger partial charge in [0.1, 0.15) is 5.60 Å². The summed E-state index contributed by atoms with van der Waals surface area (Å²) in [5.41, 5.74) is -0.637. The first-order chi connectivity index (χ1) is 6.96. The summed E-state index contributed by atoms with van der Waals surface area (Å²) in [7, 11) is 0. The summed E-state index contributed by atoms with van der Waals surface area (Å²) in [6, 6.07) is 0. The predicted octanol–water partition coefficient (Wildman–Crippen LogP) is 3.36. The molecule has 0 aromatic rings. The Hall–Kier alpha value is -0.630. The van der Waals surface area contributed by atoms with Gasteiger partial charge >= 0.3 is 0 Å². The molecule has 0 spiro atoms. The summed E-state index contributed by atoms with van der Waals surface area (Å²) in [5, 5.41) is 0. The molecule has 0 rings (SSSR count). The fraction of sp³-hybridized carbons (Fsp3) is 0.769. The minimum Gasteiger partial charge on any atom is -0.367 e. The lowest BCUT2D eigenvalue weighted by Crippen LogP contribution is -2.37. The standard InChI is InChI=1S/C13H24O2/c1-6-8-12(14)13(5,7-2)15-10-9-11(3)4/h6,8,11H,7,9-10H2,1-5H3/b8-6+. The van der Waals surface area contributed by atoms with E-state index in [1.165, 1.54) is 0 Å². The summed E-state index contributed by atoms with van der Waals surface area (Å²) in [6.07, 6.45) is 5.08. The first kappa shape index (κ1) is 14.4. The highest BCUT2D eigenvalue weighted by atomic mass is 16.5. The van der Waals surface area contributed by atoms with Gasteiger partial charge in [0.25, 0.3) is 0 Å². The van der Waals surface area contributed by atoms with Gasteiger partial charge in [0.2, 0.25) is 0 Å². The molecule has 0 aliphatic heterocycles.